The molecule has 1 aliphatic rings. The van der Waals surface area contributed by atoms with Crippen LogP contribution < -0.4 is 10.5 Å². The molecule has 172 valence electrons. The third kappa shape index (κ3) is 4.44. The van der Waals surface area contributed by atoms with Crippen LogP contribution in [-0.2, 0) is 18.3 Å². The van der Waals surface area contributed by atoms with E-state index in [4.69, 9.17) is 10.5 Å². The molecule has 0 spiro atoms. The number of aromatic nitrogens is 2. The number of ether oxygens (including phenoxy) is 1. The average Bonchev–Trinajstić information content (AvgIpc) is 3.14. The molecular formula is C24H25FN4O4. The summed E-state index contributed by atoms with van der Waals surface area (Å²) >= 11 is 0. The van der Waals surface area contributed by atoms with Crippen LogP contribution in [-0.4, -0.2) is 52.2 Å². The number of halogens is 1. The number of hydrogen-bond donors (Lipinski definition) is 1. The van der Waals surface area contributed by atoms with Gasteiger partial charge in [-0.05, 0) is 48.9 Å². The molecule has 0 unspecified atom stereocenters. The van der Waals surface area contributed by atoms with Crippen LogP contribution in [0, 0.1) is 11.7 Å². The second-order valence-electron chi connectivity index (χ2n) is 8.33. The molecule has 4 rings (SSSR count). The number of likely N-dealkylation sites (tertiary alicyclic amines) is 1. The van der Waals surface area contributed by atoms with Crippen molar-refractivity contribution in [2.45, 2.75) is 19.3 Å². The second-order valence-corrected chi connectivity index (χ2v) is 8.33. The normalized spacial score (nSPS) is 14.5. The highest BCUT2D eigenvalue weighted by molar-refractivity contribution is 6.44. The Labute approximate surface area is 190 Å². The van der Waals surface area contributed by atoms with Gasteiger partial charge in [-0.15, -0.1) is 0 Å². The Morgan fingerprint density at radius 3 is 2.42 bits per heavy atom. The van der Waals surface area contributed by atoms with E-state index in [1.54, 1.807) is 34.7 Å². The predicted octanol–water partition coefficient (Wildman–Crippen LogP) is 2.48. The van der Waals surface area contributed by atoms with E-state index in [1.807, 2.05) is 0 Å². The minimum atomic E-state index is -1.07. The number of nitrogens with zero attached hydrogens (tertiary/aromatic N) is 3. The zero-order valence-corrected chi connectivity index (χ0v) is 18.5. The fourth-order valence-corrected chi connectivity index (χ4v) is 4.37. The lowest BCUT2D eigenvalue weighted by Crippen LogP contribution is -2.39. The zero-order valence-electron chi connectivity index (χ0n) is 18.5. The molecular weight excluding hydrogens is 427 g/mol. The maximum absolute atomic E-state index is 13.3. The molecule has 1 aromatic carbocycles. The molecule has 2 N–H and O–H groups in total. The highest BCUT2D eigenvalue weighted by Crippen LogP contribution is 2.29. The Morgan fingerprint density at radius 1 is 1.15 bits per heavy atom. The lowest BCUT2D eigenvalue weighted by molar-refractivity contribution is -0.114. The van der Waals surface area contributed by atoms with Gasteiger partial charge < -0.3 is 19.9 Å². The van der Waals surface area contributed by atoms with Gasteiger partial charge in [-0.25, -0.2) is 4.39 Å². The van der Waals surface area contributed by atoms with E-state index < -0.39 is 11.7 Å². The SMILES string of the molecule is COc1nc2c(cc1C(=O)N1CCC(Cc3ccc(F)cc3)CC1)c(C(=O)C(N)=O)cn2C. The van der Waals surface area contributed by atoms with Crippen LogP contribution in [0.15, 0.2) is 36.5 Å². The Hall–Kier alpha value is -3.75. The molecule has 0 aliphatic carbocycles. The predicted molar refractivity (Wildman–Crippen MR) is 120 cm³/mol. The topological polar surface area (TPSA) is 108 Å². The first-order valence-electron chi connectivity index (χ1n) is 10.7. The minimum absolute atomic E-state index is 0.0993. The summed E-state index contributed by atoms with van der Waals surface area (Å²) in [5.41, 5.74) is 6.99. The Bertz CT molecular complexity index is 1230. The highest BCUT2D eigenvalue weighted by Gasteiger charge is 2.28. The number of pyridine rings is 1. The Morgan fingerprint density at radius 2 is 1.82 bits per heavy atom. The van der Waals surface area contributed by atoms with Gasteiger partial charge in [-0.1, -0.05) is 12.1 Å². The molecule has 1 saturated heterocycles. The van der Waals surface area contributed by atoms with Crippen molar-refractivity contribution in [1.29, 1.82) is 0 Å². The van der Waals surface area contributed by atoms with Crippen molar-refractivity contribution < 1.29 is 23.5 Å². The van der Waals surface area contributed by atoms with Crippen LogP contribution in [0.4, 0.5) is 4.39 Å². The minimum Gasteiger partial charge on any atom is -0.480 e. The molecule has 0 radical (unpaired) electrons. The first-order chi connectivity index (χ1) is 15.8. The molecule has 3 heterocycles. The van der Waals surface area contributed by atoms with E-state index in [1.165, 1.54) is 25.4 Å². The van der Waals surface area contributed by atoms with Gasteiger partial charge in [0.05, 0.1) is 12.7 Å². The maximum Gasteiger partial charge on any atom is 0.289 e. The quantitative estimate of drug-likeness (QED) is 0.457. The van der Waals surface area contributed by atoms with Crippen molar-refractivity contribution in [3.05, 3.63) is 59.0 Å². The van der Waals surface area contributed by atoms with Gasteiger partial charge in [0.1, 0.15) is 17.0 Å². The van der Waals surface area contributed by atoms with Crippen LogP contribution in [0.1, 0.15) is 39.1 Å². The van der Waals surface area contributed by atoms with Crippen LogP contribution in [0.2, 0.25) is 0 Å². The fourth-order valence-electron chi connectivity index (χ4n) is 4.37. The second kappa shape index (κ2) is 9.01. The number of hydrogen-bond acceptors (Lipinski definition) is 5. The molecule has 9 heteroatoms. The summed E-state index contributed by atoms with van der Waals surface area (Å²) in [6.07, 6.45) is 3.94. The third-order valence-corrected chi connectivity index (χ3v) is 6.15. The molecule has 2 amide bonds. The fraction of sp³-hybridized carbons (Fsp3) is 0.333. The van der Waals surface area contributed by atoms with E-state index in [2.05, 4.69) is 4.98 Å². The number of primary amides is 1. The number of nitrogens with two attached hydrogens (primary N) is 1. The molecule has 0 saturated carbocycles. The average molecular weight is 452 g/mol. The van der Waals surface area contributed by atoms with Crippen LogP contribution in [0.25, 0.3) is 11.0 Å². The molecule has 0 bridgehead atoms. The Kier molecular flexibility index (Phi) is 6.13. The van der Waals surface area contributed by atoms with Crippen LogP contribution >= 0.6 is 0 Å². The van der Waals surface area contributed by atoms with Crippen molar-refractivity contribution in [1.82, 2.24) is 14.5 Å². The van der Waals surface area contributed by atoms with Gasteiger partial charge >= 0.3 is 0 Å². The number of methoxy groups -OCH3 is 1. The van der Waals surface area contributed by atoms with E-state index in [0.29, 0.717) is 30.0 Å². The smallest absolute Gasteiger partial charge is 0.289 e. The van der Waals surface area contributed by atoms with Gasteiger partial charge in [0, 0.05) is 31.7 Å². The highest BCUT2D eigenvalue weighted by atomic mass is 19.1. The number of rotatable bonds is 6. The van der Waals surface area contributed by atoms with Crippen molar-refractivity contribution in [3.63, 3.8) is 0 Å². The largest absolute Gasteiger partial charge is 0.480 e. The molecule has 2 aromatic heterocycles. The zero-order chi connectivity index (χ0) is 23.7. The van der Waals surface area contributed by atoms with Crippen molar-refractivity contribution in [2.75, 3.05) is 20.2 Å². The lowest BCUT2D eigenvalue weighted by atomic mass is 9.90. The van der Waals surface area contributed by atoms with Gasteiger partial charge in [0.15, 0.2) is 0 Å². The number of benzene rings is 1. The van der Waals surface area contributed by atoms with Crippen molar-refractivity contribution in [2.24, 2.45) is 18.7 Å². The summed E-state index contributed by atoms with van der Waals surface area (Å²) < 4.78 is 20.1. The molecule has 1 fully saturated rings. The summed E-state index contributed by atoms with van der Waals surface area (Å²) in [7, 11) is 3.11. The summed E-state index contributed by atoms with van der Waals surface area (Å²) in [6.45, 7) is 1.13. The summed E-state index contributed by atoms with van der Waals surface area (Å²) in [4.78, 5) is 43.2. The lowest BCUT2D eigenvalue weighted by Gasteiger charge is -2.32. The van der Waals surface area contributed by atoms with Crippen LogP contribution in [0.3, 0.4) is 0 Å². The monoisotopic (exact) mass is 452 g/mol. The summed E-state index contributed by atoms with van der Waals surface area (Å²) in [6, 6.07) is 8.06. The number of carbonyl (C=O) groups is 3. The third-order valence-electron chi connectivity index (χ3n) is 6.15. The summed E-state index contributed by atoms with van der Waals surface area (Å²) in [5.74, 6) is -1.86. The van der Waals surface area contributed by atoms with Crippen molar-refractivity contribution >= 4 is 28.6 Å². The van der Waals surface area contributed by atoms with Gasteiger partial charge in [0.2, 0.25) is 5.88 Å². The molecule has 0 atom stereocenters. The molecule has 1 aliphatic heterocycles. The van der Waals surface area contributed by atoms with Crippen molar-refractivity contribution in [3.8, 4) is 5.88 Å². The number of carbonyl (C=O) groups excluding carboxylic acids is 3. The number of fused-ring (bicyclic) bond motifs is 1. The number of amides is 2. The standard InChI is InChI=1S/C24H25FN4O4/c1-28-13-19(20(30)21(26)31)17-12-18(23(33-2)27-22(17)28)24(32)29-9-7-15(8-10-29)11-14-3-5-16(25)6-4-14/h3-6,12-13,15H,7-11H2,1-2H3,(H2,26,31). The first-order valence-corrected chi connectivity index (χ1v) is 10.7. The van der Waals surface area contributed by atoms with Gasteiger partial charge in [-0.3, -0.25) is 14.4 Å². The van der Waals surface area contributed by atoms with E-state index in [0.717, 1.165) is 24.8 Å². The first kappa shape index (κ1) is 22.4. The number of ketones is 1. The van der Waals surface area contributed by atoms with Gasteiger partial charge in [-0.2, -0.15) is 4.98 Å². The van der Waals surface area contributed by atoms with E-state index >= 15 is 0 Å². The Balaban J connectivity index is 1.55. The summed E-state index contributed by atoms with van der Waals surface area (Å²) in [5, 5.41) is 0.372. The van der Waals surface area contributed by atoms with E-state index in [9.17, 15) is 18.8 Å². The number of Topliss-reactive ketones (excluding diaryl/α,β-unsaturated/α-hetero) is 1. The molecule has 8 nitrogen and oxygen atoms in total. The molecule has 3 aromatic rings. The maximum atomic E-state index is 13.3. The number of piperidine rings is 1. The molecule has 33 heavy (non-hydrogen) atoms. The van der Waals surface area contributed by atoms with Gasteiger partial charge in [0.25, 0.3) is 17.6 Å². The van der Waals surface area contributed by atoms with Crippen LogP contribution in [0.5, 0.6) is 5.88 Å². The van der Waals surface area contributed by atoms with E-state index in [-0.39, 0.29) is 28.7 Å². The number of aryl methyl sites for hydroxylation is 1.